The number of nitrogens with zero attached hydrogens (tertiary/aromatic N) is 3. The van der Waals surface area contributed by atoms with E-state index in [1.54, 1.807) is 87.9 Å². The first-order valence-corrected chi connectivity index (χ1v) is 26.1. The highest BCUT2D eigenvalue weighted by Crippen LogP contribution is 2.30. The Kier molecular flexibility index (Phi) is 24.9. The number of aliphatic hydroxyl groups excluding tert-OH is 1. The number of likely N-dealkylation sites (N-methyl/N-ethyl adjacent to an activating group) is 2. The fourth-order valence-electron chi connectivity index (χ4n) is 9.55. The Morgan fingerprint density at radius 1 is 0.757 bits per heavy atom. The van der Waals surface area contributed by atoms with Crippen LogP contribution in [0.25, 0.3) is 0 Å². The van der Waals surface area contributed by atoms with Gasteiger partial charge in [-0.25, -0.2) is 4.79 Å². The lowest BCUT2D eigenvalue weighted by Crippen LogP contribution is -2.60. The van der Waals surface area contributed by atoms with Gasteiger partial charge in [0.15, 0.2) is 0 Å². The third-order valence-corrected chi connectivity index (χ3v) is 14.4. The molecule has 2 aromatic rings. The number of nitrogens with one attached hydrogen (secondary N) is 4. The maximum Gasteiger partial charge on any atom is 0.410 e. The molecule has 74 heavy (non-hydrogen) atoms. The number of rotatable bonds is 27. The largest absolute Gasteiger partial charge is 0.445 e. The topological polar surface area (TPSA) is 251 Å². The van der Waals surface area contributed by atoms with Gasteiger partial charge in [-0.05, 0) is 73.6 Å². The molecule has 7 N–H and O–H groups in total. The number of carbonyl (C=O) groups is 7. The summed E-state index contributed by atoms with van der Waals surface area (Å²) in [5.74, 6) is -3.98. The van der Waals surface area contributed by atoms with Crippen molar-refractivity contribution in [2.75, 3.05) is 40.2 Å². The van der Waals surface area contributed by atoms with E-state index in [2.05, 4.69) is 21.3 Å². The van der Waals surface area contributed by atoms with Crippen molar-refractivity contribution >= 4 is 47.2 Å². The van der Waals surface area contributed by atoms with E-state index in [1.807, 2.05) is 59.7 Å². The first-order chi connectivity index (χ1) is 34.8. The molecule has 1 aliphatic heterocycles. The molecule has 2 aromatic carbocycles. The molecule has 19 nitrogen and oxygen atoms in total. The third kappa shape index (κ3) is 16.9. The summed E-state index contributed by atoms with van der Waals surface area (Å²) in [6.07, 6.45) is -1.16. The van der Waals surface area contributed by atoms with E-state index >= 15 is 0 Å². The molecule has 0 aromatic heterocycles. The van der Waals surface area contributed by atoms with Crippen LogP contribution in [0.15, 0.2) is 54.6 Å². The van der Waals surface area contributed by atoms with E-state index in [-0.39, 0.29) is 54.4 Å². The Morgan fingerprint density at radius 3 is 1.92 bits per heavy atom. The van der Waals surface area contributed by atoms with Crippen LogP contribution < -0.4 is 27.0 Å². The van der Waals surface area contributed by atoms with Crippen LogP contribution in [0.1, 0.15) is 119 Å². The predicted molar refractivity (Wildman–Crippen MR) is 284 cm³/mol. The predicted octanol–water partition coefficient (Wildman–Crippen LogP) is 5.01. The van der Waals surface area contributed by atoms with Crippen LogP contribution in [0.2, 0.25) is 0 Å². The van der Waals surface area contributed by atoms with Crippen LogP contribution in [0.3, 0.4) is 0 Å². The average Bonchev–Trinajstić information content (AvgIpc) is 3.86. The Balaban J connectivity index is 1.69. The summed E-state index contributed by atoms with van der Waals surface area (Å²) in [6, 6.07) is 10.5. The molecule has 1 fully saturated rings. The highest BCUT2D eigenvalue weighted by Gasteiger charge is 2.44. The number of likely N-dealkylation sites (tertiary alicyclic amines) is 1. The van der Waals surface area contributed by atoms with Crippen molar-refractivity contribution in [3.8, 4) is 0 Å². The molecule has 1 saturated heterocycles. The molecule has 3 rings (SSSR count). The zero-order valence-electron chi connectivity index (χ0n) is 46.5. The van der Waals surface area contributed by atoms with Crippen LogP contribution >= 0.6 is 0 Å². The maximum absolute atomic E-state index is 14.7. The number of amides is 7. The van der Waals surface area contributed by atoms with Crippen molar-refractivity contribution in [3.63, 3.8) is 0 Å². The van der Waals surface area contributed by atoms with Gasteiger partial charge in [0.2, 0.25) is 35.4 Å². The van der Waals surface area contributed by atoms with Gasteiger partial charge in [-0.2, -0.15) is 0 Å². The van der Waals surface area contributed by atoms with E-state index in [0.29, 0.717) is 42.6 Å². The summed E-state index contributed by atoms with van der Waals surface area (Å²) < 4.78 is 17.6. The van der Waals surface area contributed by atoms with Crippen LogP contribution in [0, 0.1) is 29.6 Å². The Labute approximate surface area is 439 Å². The Hall–Kier alpha value is -5.63. The van der Waals surface area contributed by atoms with Gasteiger partial charge < -0.3 is 56.1 Å². The molecule has 414 valence electrons. The third-order valence-electron chi connectivity index (χ3n) is 14.4. The SMILES string of the molecule is CC[C@H](C)C([C@@H](CC(=O)N1CCC[C@H]1[C@H](OC)[C@H](C)C(=O)N[C@@H](C)[C@H](O)c1ccccc1)OC)N(C)C(=O)C(NC(=O)[C@H](C(C)C)N(C)C(=O)OCc1ccc(NC(=O)[C@H](C)NC(=O)[C@@H](N)C(C)C)cc1)C(C)C. The highest BCUT2D eigenvalue weighted by atomic mass is 16.6. The zero-order chi connectivity index (χ0) is 55.7. The molecule has 19 heteroatoms. The monoisotopic (exact) mass is 1040 g/mol. The van der Waals surface area contributed by atoms with Gasteiger partial charge in [0, 0.05) is 40.5 Å². The molecule has 12 atom stereocenters. The van der Waals surface area contributed by atoms with Crippen LogP contribution in [0.4, 0.5) is 10.5 Å². The van der Waals surface area contributed by atoms with Crippen molar-refractivity contribution in [2.24, 2.45) is 35.3 Å². The molecule has 0 saturated carbocycles. The number of benzene rings is 2. The van der Waals surface area contributed by atoms with E-state index in [0.717, 1.165) is 0 Å². The van der Waals surface area contributed by atoms with E-state index < -0.39 is 90.3 Å². The minimum absolute atomic E-state index is 0.0620. The molecule has 0 bridgehead atoms. The normalized spacial score (nSPS) is 18.2. The van der Waals surface area contributed by atoms with Gasteiger partial charge in [-0.15, -0.1) is 0 Å². The number of methoxy groups -OCH3 is 2. The van der Waals surface area contributed by atoms with Gasteiger partial charge in [0.25, 0.3) is 0 Å². The number of aliphatic hydroxyl groups is 1. The summed E-state index contributed by atoms with van der Waals surface area (Å²) in [7, 11) is 6.16. The zero-order valence-corrected chi connectivity index (χ0v) is 46.5. The summed E-state index contributed by atoms with van der Waals surface area (Å²) in [5.41, 5.74) is 7.65. The molecule has 2 unspecified atom stereocenters. The van der Waals surface area contributed by atoms with Gasteiger partial charge in [-0.1, -0.05) is 111 Å². The molecular formula is C55H88N8O11. The van der Waals surface area contributed by atoms with Crippen molar-refractivity contribution in [1.29, 1.82) is 0 Å². The second-order valence-corrected chi connectivity index (χ2v) is 21.0. The first-order valence-electron chi connectivity index (χ1n) is 26.1. The van der Waals surface area contributed by atoms with Crippen LogP contribution in [-0.4, -0.2) is 151 Å². The van der Waals surface area contributed by atoms with Gasteiger partial charge in [-0.3, -0.25) is 33.7 Å². The summed E-state index contributed by atoms with van der Waals surface area (Å²) in [4.78, 5) is 100.0. The minimum Gasteiger partial charge on any atom is -0.445 e. The summed E-state index contributed by atoms with van der Waals surface area (Å²) in [5, 5.41) is 22.2. The second kappa shape index (κ2) is 29.5. The number of ether oxygens (including phenoxy) is 3. The molecule has 0 spiro atoms. The van der Waals surface area contributed by atoms with Crippen molar-refractivity contribution in [3.05, 3.63) is 65.7 Å². The number of nitrogens with two attached hydrogens (primary N) is 1. The molecule has 0 radical (unpaired) electrons. The lowest BCUT2D eigenvalue weighted by molar-refractivity contribution is -0.148. The number of anilines is 1. The van der Waals surface area contributed by atoms with E-state index in [4.69, 9.17) is 19.9 Å². The quantitative estimate of drug-likeness (QED) is 0.0692. The van der Waals surface area contributed by atoms with Crippen molar-refractivity contribution in [1.82, 2.24) is 30.7 Å². The fraction of sp³-hybridized carbons (Fsp3) is 0.655. The lowest BCUT2D eigenvalue weighted by Gasteiger charge is -2.41. The first kappa shape index (κ1) is 62.7. The van der Waals surface area contributed by atoms with Crippen LogP contribution in [0.5, 0.6) is 0 Å². The van der Waals surface area contributed by atoms with Gasteiger partial charge in [0.05, 0.1) is 54.8 Å². The summed E-state index contributed by atoms with van der Waals surface area (Å²) in [6.45, 7) is 20.2. The Bertz CT molecular complexity index is 2140. The lowest BCUT2D eigenvalue weighted by atomic mass is 9.89. The fourth-order valence-corrected chi connectivity index (χ4v) is 9.55. The standard InChI is InChI=1S/C55H88N8O11/c1-16-34(8)47(42(72-14)29-43(64)63-28-20-23-41(63)49(73-15)35(9)50(66)57-36(10)48(65)39-21-18-17-19-22-39)61(12)54(70)45(32(4)5)60-53(69)46(33(6)7)62(13)55(71)74-30-38-24-26-40(27-25-38)59-51(67)37(11)58-52(68)44(56)31(2)3/h17-19,21-22,24-27,31-37,41-42,44-49,65H,16,20,23,28-30,56H2,1-15H3,(H,57,66)(H,58,68)(H,59,67)(H,60,69)/t34-,35-,36-,37-,41-,42+,44-,45?,46-,47?,48-,49+/m0/s1. The smallest absolute Gasteiger partial charge is 0.410 e. The van der Waals surface area contributed by atoms with E-state index in [1.165, 1.54) is 26.2 Å². The molecule has 0 aliphatic carbocycles. The second-order valence-electron chi connectivity index (χ2n) is 21.0. The van der Waals surface area contributed by atoms with Crippen molar-refractivity contribution < 1.29 is 52.9 Å². The molecular weight excluding hydrogens is 949 g/mol. The number of hydrogen-bond donors (Lipinski definition) is 6. The molecule has 1 heterocycles. The summed E-state index contributed by atoms with van der Waals surface area (Å²) >= 11 is 0. The van der Waals surface area contributed by atoms with Gasteiger partial charge in [0.1, 0.15) is 24.7 Å². The van der Waals surface area contributed by atoms with Gasteiger partial charge >= 0.3 is 6.09 Å². The minimum atomic E-state index is -1.02. The highest BCUT2D eigenvalue weighted by molar-refractivity contribution is 5.97. The number of hydrogen-bond acceptors (Lipinski definition) is 12. The Morgan fingerprint density at radius 2 is 1.38 bits per heavy atom. The average molecular weight is 1040 g/mol. The van der Waals surface area contributed by atoms with E-state index in [9.17, 15) is 38.7 Å². The molecule has 1 aliphatic rings. The molecule has 7 amide bonds. The number of carbonyl (C=O) groups excluding carboxylic acids is 7. The van der Waals surface area contributed by atoms with Crippen LogP contribution in [-0.2, 0) is 49.6 Å². The van der Waals surface area contributed by atoms with Crippen molar-refractivity contribution in [2.45, 2.75) is 169 Å². The maximum atomic E-state index is 14.7.